The first kappa shape index (κ1) is 19.6. The fraction of sp³-hybridized carbons (Fsp3) is 0.269. The molecule has 0 aliphatic carbocycles. The molecule has 0 radical (unpaired) electrons. The number of fused-ring (bicyclic) bond motifs is 3. The molecule has 1 aliphatic rings. The summed E-state index contributed by atoms with van der Waals surface area (Å²) >= 11 is 0. The predicted molar refractivity (Wildman–Crippen MR) is 122 cm³/mol. The van der Waals surface area contributed by atoms with Gasteiger partial charge in [-0.1, -0.05) is 48.5 Å². The highest BCUT2D eigenvalue weighted by Gasteiger charge is 2.21. The third-order valence-electron chi connectivity index (χ3n) is 5.92. The molecule has 2 heterocycles. The van der Waals surface area contributed by atoms with Crippen LogP contribution in [-0.4, -0.2) is 36.5 Å². The van der Waals surface area contributed by atoms with Crippen LogP contribution in [0.15, 0.2) is 77.2 Å². The zero-order valence-electron chi connectivity index (χ0n) is 17.4. The lowest BCUT2D eigenvalue weighted by molar-refractivity contribution is -0.124. The molecule has 1 N–H and O–H groups in total. The Balaban J connectivity index is 1.12. The number of carbonyl (C=O) groups is 1. The summed E-state index contributed by atoms with van der Waals surface area (Å²) in [6, 6.07) is 24.3. The van der Waals surface area contributed by atoms with E-state index >= 15 is 0 Å². The van der Waals surface area contributed by atoms with Crippen LogP contribution in [0, 0.1) is 0 Å². The molecule has 31 heavy (non-hydrogen) atoms. The van der Waals surface area contributed by atoms with Crippen molar-refractivity contribution in [3.63, 3.8) is 0 Å². The minimum absolute atomic E-state index is 0.0194. The van der Waals surface area contributed by atoms with Crippen LogP contribution in [0.4, 0.5) is 0 Å². The number of amides is 1. The van der Waals surface area contributed by atoms with Gasteiger partial charge in [-0.25, -0.2) is 0 Å². The average molecular weight is 415 g/mol. The monoisotopic (exact) mass is 414 g/mol. The van der Waals surface area contributed by atoms with Gasteiger partial charge < -0.3 is 14.5 Å². The lowest BCUT2D eigenvalue weighted by atomic mass is 10.0. The first-order valence-electron chi connectivity index (χ1n) is 10.8. The Kier molecular flexibility index (Phi) is 5.59. The van der Waals surface area contributed by atoms with Crippen LogP contribution in [0.2, 0.25) is 0 Å². The van der Waals surface area contributed by atoms with Crippen molar-refractivity contribution in [2.75, 3.05) is 19.7 Å². The quantitative estimate of drug-likeness (QED) is 0.495. The summed E-state index contributed by atoms with van der Waals surface area (Å²) in [5, 5.41) is 5.18. The molecule has 0 saturated carbocycles. The summed E-state index contributed by atoms with van der Waals surface area (Å²) in [6.45, 7) is 2.97. The van der Waals surface area contributed by atoms with E-state index in [2.05, 4.69) is 34.5 Å². The van der Waals surface area contributed by atoms with Crippen molar-refractivity contribution in [3.05, 3.63) is 78.4 Å². The standard InChI is InChI=1S/C26H26N2O3/c29-26(27-20-12-14-28(15-13-20)17-19-6-2-1-3-7-19)18-30-21-10-11-25-23(16-21)22-8-4-5-9-24(22)31-25/h1-11,16,20H,12-15,17-18H2,(H,27,29). The minimum Gasteiger partial charge on any atom is -0.484 e. The number of carbonyl (C=O) groups excluding carboxylic acids is 1. The van der Waals surface area contributed by atoms with Crippen LogP contribution >= 0.6 is 0 Å². The van der Waals surface area contributed by atoms with Crippen molar-refractivity contribution in [2.24, 2.45) is 0 Å². The number of piperidine rings is 1. The molecule has 1 aromatic heterocycles. The SMILES string of the molecule is O=C(COc1ccc2oc3ccccc3c2c1)NC1CCN(Cc2ccccc2)CC1. The molecule has 0 spiro atoms. The topological polar surface area (TPSA) is 54.7 Å². The third-order valence-corrected chi connectivity index (χ3v) is 5.92. The number of rotatable bonds is 6. The number of nitrogens with one attached hydrogen (secondary N) is 1. The second kappa shape index (κ2) is 8.82. The number of nitrogens with zero attached hydrogens (tertiary/aromatic N) is 1. The summed E-state index contributed by atoms with van der Waals surface area (Å²) < 4.78 is 11.6. The van der Waals surface area contributed by atoms with E-state index in [1.807, 2.05) is 48.5 Å². The summed E-state index contributed by atoms with van der Waals surface area (Å²) in [5.41, 5.74) is 3.01. The molecular formula is C26H26N2O3. The number of hydrogen-bond donors (Lipinski definition) is 1. The normalized spacial score (nSPS) is 15.4. The Hall–Kier alpha value is -3.31. The minimum atomic E-state index is -0.0707. The maximum absolute atomic E-state index is 12.4. The first-order chi connectivity index (χ1) is 15.2. The van der Waals surface area contributed by atoms with E-state index in [1.54, 1.807) is 0 Å². The highest BCUT2D eigenvalue weighted by molar-refractivity contribution is 6.05. The van der Waals surface area contributed by atoms with E-state index in [9.17, 15) is 4.79 Å². The average Bonchev–Trinajstić information content (AvgIpc) is 3.18. The molecule has 5 nitrogen and oxygen atoms in total. The molecule has 1 amide bonds. The van der Waals surface area contributed by atoms with Gasteiger partial charge in [0.15, 0.2) is 6.61 Å². The highest BCUT2D eigenvalue weighted by atomic mass is 16.5. The lowest BCUT2D eigenvalue weighted by Gasteiger charge is -2.32. The van der Waals surface area contributed by atoms with E-state index in [1.165, 1.54) is 5.56 Å². The van der Waals surface area contributed by atoms with Gasteiger partial charge in [0.2, 0.25) is 0 Å². The number of ether oxygens (including phenoxy) is 1. The number of furan rings is 1. The molecule has 1 aliphatic heterocycles. The number of likely N-dealkylation sites (tertiary alicyclic amines) is 1. The molecule has 5 heteroatoms. The van der Waals surface area contributed by atoms with Crippen LogP contribution in [0.3, 0.4) is 0 Å². The van der Waals surface area contributed by atoms with Crippen molar-refractivity contribution < 1.29 is 13.9 Å². The highest BCUT2D eigenvalue weighted by Crippen LogP contribution is 2.31. The van der Waals surface area contributed by atoms with E-state index in [0.717, 1.165) is 54.4 Å². The molecule has 158 valence electrons. The van der Waals surface area contributed by atoms with Gasteiger partial charge in [0, 0.05) is 36.4 Å². The molecule has 3 aromatic carbocycles. The van der Waals surface area contributed by atoms with E-state index < -0.39 is 0 Å². The van der Waals surface area contributed by atoms with Gasteiger partial charge >= 0.3 is 0 Å². The Morgan fingerprint density at radius 2 is 1.68 bits per heavy atom. The third kappa shape index (κ3) is 4.57. The molecule has 0 bridgehead atoms. The first-order valence-corrected chi connectivity index (χ1v) is 10.8. The van der Waals surface area contributed by atoms with Gasteiger partial charge in [-0.3, -0.25) is 9.69 Å². The second-order valence-electron chi connectivity index (χ2n) is 8.15. The van der Waals surface area contributed by atoms with Crippen LogP contribution in [0.1, 0.15) is 18.4 Å². The van der Waals surface area contributed by atoms with Gasteiger partial charge in [-0.05, 0) is 42.7 Å². The van der Waals surface area contributed by atoms with Gasteiger partial charge in [-0.2, -0.15) is 0 Å². The fourth-order valence-electron chi connectivity index (χ4n) is 4.29. The van der Waals surface area contributed by atoms with Crippen LogP contribution in [-0.2, 0) is 11.3 Å². The fourth-order valence-corrected chi connectivity index (χ4v) is 4.29. The molecule has 0 unspecified atom stereocenters. The van der Waals surface area contributed by atoms with Crippen molar-refractivity contribution in [1.82, 2.24) is 10.2 Å². The zero-order chi connectivity index (χ0) is 21.0. The van der Waals surface area contributed by atoms with Crippen molar-refractivity contribution in [2.45, 2.75) is 25.4 Å². The predicted octanol–water partition coefficient (Wildman–Crippen LogP) is 4.75. The molecule has 0 atom stereocenters. The van der Waals surface area contributed by atoms with Gasteiger partial charge in [0.1, 0.15) is 16.9 Å². The molecule has 1 saturated heterocycles. The van der Waals surface area contributed by atoms with Crippen molar-refractivity contribution >= 4 is 27.8 Å². The second-order valence-corrected chi connectivity index (χ2v) is 8.15. The summed E-state index contributed by atoms with van der Waals surface area (Å²) in [5.74, 6) is 0.602. The van der Waals surface area contributed by atoms with E-state index in [-0.39, 0.29) is 18.6 Å². The molecule has 5 rings (SSSR count). The number of para-hydroxylation sites is 1. The Morgan fingerprint density at radius 3 is 2.52 bits per heavy atom. The smallest absolute Gasteiger partial charge is 0.258 e. The van der Waals surface area contributed by atoms with Crippen molar-refractivity contribution in [1.29, 1.82) is 0 Å². The molecular weight excluding hydrogens is 388 g/mol. The van der Waals surface area contributed by atoms with Crippen LogP contribution < -0.4 is 10.1 Å². The van der Waals surface area contributed by atoms with Crippen LogP contribution in [0.5, 0.6) is 5.75 Å². The summed E-state index contributed by atoms with van der Waals surface area (Å²) in [7, 11) is 0. The number of hydrogen-bond acceptors (Lipinski definition) is 4. The van der Waals surface area contributed by atoms with Crippen molar-refractivity contribution in [3.8, 4) is 5.75 Å². The molecule has 4 aromatic rings. The van der Waals surface area contributed by atoms with Gasteiger partial charge in [0.05, 0.1) is 0 Å². The maximum atomic E-state index is 12.4. The maximum Gasteiger partial charge on any atom is 0.258 e. The Labute approximate surface area is 181 Å². The summed E-state index contributed by atoms with van der Waals surface area (Å²) in [6.07, 6.45) is 1.93. The van der Waals surface area contributed by atoms with Gasteiger partial charge in [0.25, 0.3) is 5.91 Å². The largest absolute Gasteiger partial charge is 0.484 e. The Morgan fingerprint density at radius 1 is 0.935 bits per heavy atom. The molecule has 1 fully saturated rings. The zero-order valence-corrected chi connectivity index (χ0v) is 17.4. The number of benzene rings is 3. The van der Waals surface area contributed by atoms with Crippen LogP contribution in [0.25, 0.3) is 21.9 Å². The summed E-state index contributed by atoms with van der Waals surface area (Å²) in [4.78, 5) is 14.9. The van der Waals surface area contributed by atoms with E-state index in [0.29, 0.717) is 5.75 Å². The lowest BCUT2D eigenvalue weighted by Crippen LogP contribution is -2.45. The Bertz CT molecular complexity index is 1180. The van der Waals surface area contributed by atoms with E-state index in [4.69, 9.17) is 9.15 Å². The van der Waals surface area contributed by atoms with Gasteiger partial charge in [-0.15, -0.1) is 0 Å².